The number of hydrogen-bond acceptors (Lipinski definition) is 5. The molecule has 0 radical (unpaired) electrons. The van der Waals surface area contributed by atoms with Gasteiger partial charge >= 0.3 is 0 Å². The van der Waals surface area contributed by atoms with Gasteiger partial charge in [0.15, 0.2) is 5.78 Å². The van der Waals surface area contributed by atoms with Crippen molar-refractivity contribution in [1.29, 1.82) is 0 Å². The highest BCUT2D eigenvalue weighted by molar-refractivity contribution is 8.00. The maximum Gasteiger partial charge on any atom is 0.173 e. The average Bonchev–Trinajstić information content (AvgIpc) is 3.16. The minimum Gasteiger partial charge on any atom is -0.497 e. The fraction of sp³-hybridized carbons (Fsp3) is 0.0952. The third-order valence-electron chi connectivity index (χ3n) is 4.17. The van der Waals surface area contributed by atoms with Crippen LogP contribution in [0.15, 0.2) is 71.9 Å². The van der Waals surface area contributed by atoms with Crippen LogP contribution in [0.3, 0.4) is 0 Å². The fourth-order valence-electron chi connectivity index (χ4n) is 2.76. The number of pyridine rings is 1. The Balaban J connectivity index is 1.55. The zero-order valence-corrected chi connectivity index (χ0v) is 15.5. The Morgan fingerprint density at radius 2 is 1.89 bits per heavy atom. The number of rotatable bonds is 6. The number of ether oxygens (including phenoxy) is 1. The summed E-state index contributed by atoms with van der Waals surface area (Å²) in [6.45, 7) is 0. The first kappa shape index (κ1) is 17.3. The van der Waals surface area contributed by atoms with Crippen LogP contribution >= 0.6 is 11.8 Å². The van der Waals surface area contributed by atoms with E-state index >= 15 is 0 Å². The van der Waals surface area contributed by atoms with E-state index in [0.717, 1.165) is 33.2 Å². The molecule has 27 heavy (non-hydrogen) atoms. The molecule has 134 valence electrons. The number of H-pyrrole nitrogens is 1. The van der Waals surface area contributed by atoms with Crippen molar-refractivity contribution in [3.8, 4) is 17.1 Å². The first-order valence-corrected chi connectivity index (χ1v) is 9.43. The molecule has 4 aromatic rings. The molecule has 6 heteroatoms. The van der Waals surface area contributed by atoms with Gasteiger partial charge in [0.2, 0.25) is 0 Å². The van der Waals surface area contributed by atoms with Crippen molar-refractivity contribution >= 4 is 28.6 Å². The van der Waals surface area contributed by atoms with Crippen LogP contribution in [-0.4, -0.2) is 33.6 Å². The third kappa shape index (κ3) is 3.71. The van der Waals surface area contributed by atoms with Crippen LogP contribution < -0.4 is 4.74 Å². The van der Waals surface area contributed by atoms with E-state index in [1.807, 2.05) is 36.4 Å². The number of fused-ring (bicyclic) bond motifs is 1. The lowest BCUT2D eigenvalue weighted by Crippen LogP contribution is -2.03. The van der Waals surface area contributed by atoms with Gasteiger partial charge in [-0.1, -0.05) is 23.9 Å². The summed E-state index contributed by atoms with van der Waals surface area (Å²) < 4.78 is 5.13. The second-order valence-corrected chi connectivity index (χ2v) is 6.86. The van der Waals surface area contributed by atoms with E-state index in [-0.39, 0.29) is 5.78 Å². The Morgan fingerprint density at radius 1 is 1.07 bits per heavy atom. The Bertz CT molecular complexity index is 1060. The zero-order valence-electron chi connectivity index (χ0n) is 14.7. The number of ketones is 1. The van der Waals surface area contributed by atoms with Crippen LogP contribution in [0.5, 0.6) is 5.75 Å². The van der Waals surface area contributed by atoms with Gasteiger partial charge in [-0.25, -0.2) is 9.97 Å². The minimum atomic E-state index is 0.0452. The maximum atomic E-state index is 12.5. The van der Waals surface area contributed by atoms with Crippen LogP contribution in [0, 0.1) is 0 Å². The van der Waals surface area contributed by atoms with Gasteiger partial charge in [0, 0.05) is 17.3 Å². The predicted molar refractivity (Wildman–Crippen MR) is 107 cm³/mol. The Morgan fingerprint density at radius 3 is 2.67 bits per heavy atom. The van der Waals surface area contributed by atoms with Crippen LogP contribution in [0.25, 0.3) is 22.4 Å². The number of carbonyl (C=O) groups is 1. The SMILES string of the molecule is COc1ccc(C(=O)CSc2ncccc2-c2nc3ccccc3[nH]2)cc1. The quantitative estimate of drug-likeness (QED) is 0.394. The molecule has 4 rings (SSSR count). The lowest BCUT2D eigenvalue weighted by molar-refractivity contribution is 0.102. The summed E-state index contributed by atoms with van der Waals surface area (Å²) in [7, 11) is 1.60. The molecule has 2 aromatic heterocycles. The molecule has 0 unspecified atom stereocenters. The fourth-order valence-corrected chi connectivity index (χ4v) is 3.65. The number of carbonyl (C=O) groups excluding carboxylic acids is 1. The largest absolute Gasteiger partial charge is 0.497 e. The van der Waals surface area contributed by atoms with Crippen molar-refractivity contribution in [2.45, 2.75) is 5.03 Å². The first-order chi connectivity index (χ1) is 13.2. The van der Waals surface area contributed by atoms with Gasteiger partial charge in [0.1, 0.15) is 16.6 Å². The normalized spacial score (nSPS) is 10.9. The topological polar surface area (TPSA) is 67.9 Å². The Labute approximate surface area is 160 Å². The van der Waals surface area contributed by atoms with Crippen molar-refractivity contribution in [3.05, 3.63) is 72.4 Å². The van der Waals surface area contributed by atoms with E-state index in [1.54, 1.807) is 37.6 Å². The molecular formula is C21H17N3O2S. The van der Waals surface area contributed by atoms with Crippen molar-refractivity contribution in [2.75, 3.05) is 12.9 Å². The molecule has 2 heterocycles. The lowest BCUT2D eigenvalue weighted by Gasteiger charge is -2.06. The number of nitrogens with one attached hydrogen (secondary N) is 1. The summed E-state index contributed by atoms with van der Waals surface area (Å²) in [5, 5.41) is 0.776. The van der Waals surface area contributed by atoms with Crippen molar-refractivity contribution in [2.24, 2.45) is 0 Å². The number of benzene rings is 2. The summed E-state index contributed by atoms with van der Waals surface area (Å²) in [6.07, 6.45) is 1.73. The van der Waals surface area contributed by atoms with E-state index in [2.05, 4.69) is 15.0 Å². The number of aromatic amines is 1. The molecule has 0 aliphatic rings. The molecule has 0 saturated heterocycles. The maximum absolute atomic E-state index is 12.5. The molecule has 2 aromatic carbocycles. The number of thioether (sulfide) groups is 1. The number of imidazole rings is 1. The zero-order chi connectivity index (χ0) is 18.6. The molecule has 1 N–H and O–H groups in total. The number of hydrogen-bond donors (Lipinski definition) is 1. The van der Waals surface area contributed by atoms with Gasteiger partial charge in [-0.3, -0.25) is 4.79 Å². The van der Waals surface area contributed by atoms with E-state index < -0.39 is 0 Å². The summed E-state index contributed by atoms with van der Waals surface area (Å²) in [5.74, 6) is 1.83. The van der Waals surface area contributed by atoms with Crippen LogP contribution in [0.2, 0.25) is 0 Å². The lowest BCUT2D eigenvalue weighted by atomic mass is 10.1. The summed E-state index contributed by atoms with van der Waals surface area (Å²) in [5.41, 5.74) is 3.42. The standard InChI is InChI=1S/C21H17N3O2S/c1-26-15-10-8-14(9-11-15)19(25)13-27-21-16(5-4-12-22-21)20-23-17-6-2-3-7-18(17)24-20/h2-12H,13H2,1H3,(H,23,24). The van der Waals surface area contributed by atoms with Crippen LogP contribution in [0.4, 0.5) is 0 Å². The van der Waals surface area contributed by atoms with Crippen LogP contribution in [0.1, 0.15) is 10.4 Å². The molecular weight excluding hydrogens is 358 g/mol. The summed E-state index contributed by atoms with van der Waals surface area (Å²) in [6, 6.07) is 18.9. The number of methoxy groups -OCH3 is 1. The smallest absolute Gasteiger partial charge is 0.173 e. The van der Waals surface area contributed by atoms with E-state index in [9.17, 15) is 4.79 Å². The predicted octanol–water partition coefficient (Wildman–Crippen LogP) is 4.61. The molecule has 0 saturated carbocycles. The monoisotopic (exact) mass is 375 g/mol. The van der Waals surface area contributed by atoms with E-state index in [4.69, 9.17) is 4.74 Å². The molecule has 0 amide bonds. The van der Waals surface area contributed by atoms with Crippen molar-refractivity contribution in [3.63, 3.8) is 0 Å². The van der Waals surface area contributed by atoms with Gasteiger partial charge in [-0.15, -0.1) is 0 Å². The van der Waals surface area contributed by atoms with Crippen molar-refractivity contribution in [1.82, 2.24) is 15.0 Å². The highest BCUT2D eigenvalue weighted by Crippen LogP contribution is 2.29. The van der Waals surface area contributed by atoms with E-state index in [0.29, 0.717) is 11.3 Å². The summed E-state index contributed by atoms with van der Waals surface area (Å²) in [4.78, 5) is 24.9. The molecule has 0 atom stereocenters. The van der Waals surface area contributed by atoms with Gasteiger partial charge in [0.05, 0.1) is 23.9 Å². The highest BCUT2D eigenvalue weighted by atomic mass is 32.2. The van der Waals surface area contributed by atoms with Gasteiger partial charge in [-0.2, -0.15) is 0 Å². The Hall–Kier alpha value is -3.12. The molecule has 0 bridgehead atoms. The third-order valence-corrected chi connectivity index (χ3v) is 5.17. The summed E-state index contributed by atoms with van der Waals surface area (Å²) >= 11 is 1.41. The van der Waals surface area contributed by atoms with Crippen molar-refractivity contribution < 1.29 is 9.53 Å². The average molecular weight is 375 g/mol. The minimum absolute atomic E-state index is 0.0452. The molecule has 0 aliphatic carbocycles. The molecule has 0 spiro atoms. The number of nitrogens with zero attached hydrogens (tertiary/aromatic N) is 2. The van der Waals surface area contributed by atoms with Gasteiger partial charge in [-0.05, 0) is 48.5 Å². The number of para-hydroxylation sites is 2. The highest BCUT2D eigenvalue weighted by Gasteiger charge is 2.14. The van der Waals surface area contributed by atoms with Crippen LogP contribution in [-0.2, 0) is 0 Å². The number of Topliss-reactive ketones (excluding diaryl/α,β-unsaturated/α-hetero) is 1. The van der Waals surface area contributed by atoms with Gasteiger partial charge in [0.25, 0.3) is 0 Å². The number of aromatic nitrogens is 3. The Kier molecular flexibility index (Phi) is 4.89. The molecule has 5 nitrogen and oxygen atoms in total. The molecule has 0 aliphatic heterocycles. The van der Waals surface area contributed by atoms with E-state index in [1.165, 1.54) is 11.8 Å². The second kappa shape index (κ2) is 7.63. The first-order valence-electron chi connectivity index (χ1n) is 8.45. The van der Waals surface area contributed by atoms with Gasteiger partial charge < -0.3 is 9.72 Å². The second-order valence-electron chi connectivity index (χ2n) is 5.90. The molecule has 0 fully saturated rings.